The summed E-state index contributed by atoms with van der Waals surface area (Å²) in [7, 11) is 2.31. The fourth-order valence-electron chi connectivity index (χ4n) is 3.68. The lowest BCUT2D eigenvalue weighted by molar-refractivity contribution is 0.0941. The maximum atomic E-state index is 3.82. The van der Waals surface area contributed by atoms with Crippen LogP contribution >= 0.6 is 11.8 Å². The van der Waals surface area contributed by atoms with Gasteiger partial charge in [-0.1, -0.05) is 19.8 Å². The molecule has 1 N–H and O–H groups in total. The Labute approximate surface area is 124 Å². The van der Waals surface area contributed by atoms with Gasteiger partial charge in [-0.15, -0.1) is 0 Å². The maximum Gasteiger partial charge on any atom is 0.00694 e. The average molecular weight is 285 g/mol. The first kappa shape index (κ1) is 15.7. The molecule has 0 saturated heterocycles. The number of thioether (sulfide) groups is 1. The van der Waals surface area contributed by atoms with Crippen molar-refractivity contribution in [1.82, 2.24) is 10.2 Å². The minimum Gasteiger partial charge on any atom is -0.313 e. The Balaban J connectivity index is 1.87. The van der Waals surface area contributed by atoms with Gasteiger partial charge in [0.15, 0.2) is 0 Å². The minimum atomic E-state index is 0.549. The Hall–Kier alpha value is 0.270. The van der Waals surface area contributed by atoms with Gasteiger partial charge in [0.05, 0.1) is 0 Å². The summed E-state index contributed by atoms with van der Waals surface area (Å²) >= 11 is 1.96. The van der Waals surface area contributed by atoms with Gasteiger partial charge in [0.1, 0.15) is 0 Å². The van der Waals surface area contributed by atoms with Crippen LogP contribution in [-0.4, -0.2) is 49.6 Å². The predicted molar refractivity (Wildman–Crippen MR) is 87.0 cm³/mol. The molecule has 0 aromatic carbocycles. The molecule has 0 spiro atoms. The van der Waals surface area contributed by atoms with Gasteiger partial charge in [0, 0.05) is 31.4 Å². The average Bonchev–Trinajstić information content (AvgIpc) is 3.18. The van der Waals surface area contributed by atoms with Crippen molar-refractivity contribution in [3.05, 3.63) is 0 Å². The van der Waals surface area contributed by atoms with Crippen LogP contribution in [-0.2, 0) is 0 Å². The van der Waals surface area contributed by atoms with Gasteiger partial charge in [-0.05, 0) is 50.3 Å². The fraction of sp³-hybridized carbons (Fsp3) is 1.00. The van der Waals surface area contributed by atoms with Gasteiger partial charge >= 0.3 is 0 Å². The summed E-state index contributed by atoms with van der Waals surface area (Å²) in [6.07, 6.45) is 10.8. The van der Waals surface area contributed by atoms with Gasteiger partial charge in [-0.2, -0.15) is 11.8 Å². The first-order valence-corrected chi connectivity index (χ1v) is 9.44. The third kappa shape index (κ3) is 5.28. The molecule has 2 aliphatic rings. The number of hydrogen-bond donors (Lipinski definition) is 1. The Morgan fingerprint density at radius 3 is 2.74 bits per heavy atom. The molecule has 2 aliphatic carbocycles. The van der Waals surface area contributed by atoms with Crippen LogP contribution in [0.1, 0.15) is 45.4 Å². The largest absolute Gasteiger partial charge is 0.313 e. The summed E-state index contributed by atoms with van der Waals surface area (Å²) in [5.41, 5.74) is 0.549. The van der Waals surface area contributed by atoms with Crippen LogP contribution in [0.4, 0.5) is 0 Å². The monoisotopic (exact) mass is 284 g/mol. The van der Waals surface area contributed by atoms with Crippen molar-refractivity contribution in [3.63, 3.8) is 0 Å². The number of nitrogens with one attached hydrogen (secondary N) is 1. The molecular formula is C16H32N2S. The standard InChI is InChI=1S/C16H32N2S/c1-14-5-4-8-16(11-14,12-17-15-6-7-15)13-18(2)9-10-19-3/h14-15,17H,4-13H2,1-3H3. The van der Waals surface area contributed by atoms with Crippen molar-refractivity contribution in [2.24, 2.45) is 11.3 Å². The lowest BCUT2D eigenvalue weighted by Crippen LogP contribution is -2.46. The zero-order valence-corrected chi connectivity index (χ0v) is 13.9. The highest BCUT2D eigenvalue weighted by molar-refractivity contribution is 7.98. The van der Waals surface area contributed by atoms with E-state index in [1.54, 1.807) is 0 Å². The third-order valence-corrected chi connectivity index (χ3v) is 5.40. The van der Waals surface area contributed by atoms with Gasteiger partial charge in [-0.25, -0.2) is 0 Å². The van der Waals surface area contributed by atoms with Crippen LogP contribution in [0.5, 0.6) is 0 Å². The second-order valence-corrected chi connectivity index (χ2v) is 8.07. The molecule has 2 fully saturated rings. The van der Waals surface area contributed by atoms with E-state index in [2.05, 4.69) is 30.4 Å². The fourth-order valence-corrected chi connectivity index (χ4v) is 4.17. The van der Waals surface area contributed by atoms with E-state index >= 15 is 0 Å². The SMILES string of the molecule is CSCCN(C)CC1(CNC2CC2)CCCC(C)C1. The van der Waals surface area contributed by atoms with Crippen LogP contribution in [0.2, 0.25) is 0 Å². The predicted octanol–water partition coefficient (Wildman–Crippen LogP) is 3.23. The van der Waals surface area contributed by atoms with Crippen LogP contribution in [0.15, 0.2) is 0 Å². The highest BCUT2D eigenvalue weighted by Gasteiger charge is 2.37. The van der Waals surface area contributed by atoms with E-state index in [1.165, 1.54) is 63.9 Å². The number of rotatable bonds is 8. The normalized spacial score (nSPS) is 31.9. The molecule has 2 atom stereocenters. The van der Waals surface area contributed by atoms with Gasteiger partial charge in [-0.3, -0.25) is 0 Å². The Bertz CT molecular complexity index is 267. The van der Waals surface area contributed by atoms with E-state index in [1.807, 2.05) is 11.8 Å². The molecule has 2 saturated carbocycles. The zero-order chi connectivity index (χ0) is 13.7. The summed E-state index contributed by atoms with van der Waals surface area (Å²) < 4.78 is 0. The molecule has 2 nitrogen and oxygen atoms in total. The van der Waals surface area contributed by atoms with Crippen molar-refractivity contribution in [3.8, 4) is 0 Å². The van der Waals surface area contributed by atoms with E-state index in [0.717, 1.165) is 12.0 Å². The molecule has 0 aromatic heterocycles. The molecule has 19 heavy (non-hydrogen) atoms. The summed E-state index contributed by atoms with van der Waals surface area (Å²) in [6.45, 7) is 6.23. The van der Waals surface area contributed by atoms with Gasteiger partial charge in [0.25, 0.3) is 0 Å². The first-order chi connectivity index (χ1) is 9.13. The second kappa shape index (κ2) is 7.33. The van der Waals surface area contributed by atoms with Crippen molar-refractivity contribution in [2.75, 3.05) is 38.7 Å². The molecule has 0 heterocycles. The molecule has 3 heteroatoms. The van der Waals surface area contributed by atoms with E-state index in [4.69, 9.17) is 0 Å². The Morgan fingerprint density at radius 1 is 1.32 bits per heavy atom. The molecule has 0 bridgehead atoms. The van der Waals surface area contributed by atoms with E-state index < -0.39 is 0 Å². The summed E-state index contributed by atoms with van der Waals surface area (Å²) in [5, 5.41) is 3.82. The minimum absolute atomic E-state index is 0.549. The summed E-state index contributed by atoms with van der Waals surface area (Å²) in [5.74, 6) is 2.18. The first-order valence-electron chi connectivity index (χ1n) is 8.04. The second-order valence-electron chi connectivity index (χ2n) is 7.09. The van der Waals surface area contributed by atoms with Crippen LogP contribution in [0.3, 0.4) is 0 Å². The Kier molecular flexibility index (Phi) is 6.04. The Morgan fingerprint density at radius 2 is 2.11 bits per heavy atom. The summed E-state index contributed by atoms with van der Waals surface area (Å²) in [4.78, 5) is 2.57. The van der Waals surface area contributed by atoms with E-state index in [9.17, 15) is 0 Å². The van der Waals surface area contributed by atoms with Gasteiger partial charge < -0.3 is 10.2 Å². The van der Waals surface area contributed by atoms with Crippen LogP contribution in [0.25, 0.3) is 0 Å². The molecule has 2 rings (SSSR count). The van der Waals surface area contributed by atoms with E-state index in [-0.39, 0.29) is 0 Å². The van der Waals surface area contributed by atoms with Crippen molar-refractivity contribution < 1.29 is 0 Å². The van der Waals surface area contributed by atoms with Crippen LogP contribution in [0, 0.1) is 11.3 Å². The summed E-state index contributed by atoms with van der Waals surface area (Å²) in [6, 6.07) is 0.852. The molecule has 0 aliphatic heterocycles. The molecule has 0 aromatic rings. The highest BCUT2D eigenvalue weighted by Crippen LogP contribution is 2.40. The van der Waals surface area contributed by atoms with Crippen molar-refractivity contribution in [2.45, 2.75) is 51.5 Å². The number of hydrogen-bond acceptors (Lipinski definition) is 3. The van der Waals surface area contributed by atoms with Crippen molar-refractivity contribution >= 4 is 11.8 Å². The molecule has 0 radical (unpaired) electrons. The third-order valence-electron chi connectivity index (χ3n) is 4.81. The van der Waals surface area contributed by atoms with E-state index in [0.29, 0.717) is 5.41 Å². The number of nitrogens with zero attached hydrogens (tertiary/aromatic N) is 1. The van der Waals surface area contributed by atoms with Gasteiger partial charge in [0.2, 0.25) is 0 Å². The molecular weight excluding hydrogens is 252 g/mol. The lowest BCUT2D eigenvalue weighted by atomic mass is 9.69. The highest BCUT2D eigenvalue weighted by atomic mass is 32.2. The molecule has 0 amide bonds. The topological polar surface area (TPSA) is 15.3 Å². The smallest absolute Gasteiger partial charge is 0.00694 e. The lowest BCUT2D eigenvalue weighted by Gasteiger charge is -2.43. The van der Waals surface area contributed by atoms with Crippen molar-refractivity contribution in [1.29, 1.82) is 0 Å². The molecule has 2 unspecified atom stereocenters. The van der Waals surface area contributed by atoms with Crippen LogP contribution < -0.4 is 5.32 Å². The maximum absolute atomic E-state index is 3.82. The zero-order valence-electron chi connectivity index (χ0n) is 13.1. The quantitative estimate of drug-likeness (QED) is 0.737. The molecule has 112 valence electrons.